The van der Waals surface area contributed by atoms with Gasteiger partial charge in [0.05, 0.1) is 11.7 Å². The Kier molecular flexibility index (Phi) is 3.61. The van der Waals surface area contributed by atoms with Crippen LogP contribution in [-0.2, 0) is 0 Å². The van der Waals surface area contributed by atoms with Crippen LogP contribution in [0.4, 0.5) is 8.78 Å². The molecule has 0 atom stereocenters. The maximum Gasteiger partial charge on any atom is 0.256 e. The van der Waals surface area contributed by atoms with Crippen molar-refractivity contribution < 1.29 is 18.7 Å². The maximum atomic E-state index is 13.4. The van der Waals surface area contributed by atoms with Crippen LogP contribution >= 0.6 is 0 Å². The predicted molar refractivity (Wildman–Crippen MR) is 62.0 cm³/mol. The highest BCUT2D eigenvalue weighted by atomic mass is 19.2. The highest BCUT2D eigenvalue weighted by Crippen LogP contribution is 2.28. The molecule has 18 heavy (non-hydrogen) atoms. The van der Waals surface area contributed by atoms with E-state index < -0.39 is 17.5 Å². The van der Waals surface area contributed by atoms with E-state index >= 15 is 0 Å². The summed E-state index contributed by atoms with van der Waals surface area (Å²) in [5, 5.41) is 9.15. The van der Waals surface area contributed by atoms with E-state index in [2.05, 4.69) is 0 Å². The quantitative estimate of drug-likeness (QED) is 0.894. The molecule has 1 aliphatic rings. The SMILES string of the molecule is CN(CC1CC(O)C1)C(=O)c1cccc(F)c1F. The summed E-state index contributed by atoms with van der Waals surface area (Å²) >= 11 is 0. The molecule has 1 aliphatic carbocycles. The lowest BCUT2D eigenvalue weighted by molar-refractivity contribution is 0.0264. The number of halogens is 2. The molecule has 0 unspecified atom stereocenters. The summed E-state index contributed by atoms with van der Waals surface area (Å²) < 4.78 is 26.5. The van der Waals surface area contributed by atoms with Gasteiger partial charge < -0.3 is 10.0 Å². The van der Waals surface area contributed by atoms with Crippen molar-refractivity contribution in [2.45, 2.75) is 18.9 Å². The third-order valence-corrected chi connectivity index (χ3v) is 3.27. The second-order valence-corrected chi connectivity index (χ2v) is 4.78. The molecule has 1 saturated carbocycles. The summed E-state index contributed by atoms with van der Waals surface area (Å²) in [6.07, 6.45) is 1.02. The van der Waals surface area contributed by atoms with Crippen LogP contribution < -0.4 is 0 Å². The third kappa shape index (κ3) is 2.51. The van der Waals surface area contributed by atoms with E-state index in [1.54, 1.807) is 7.05 Å². The largest absolute Gasteiger partial charge is 0.393 e. The van der Waals surface area contributed by atoms with Crippen molar-refractivity contribution in [2.75, 3.05) is 13.6 Å². The number of benzene rings is 1. The van der Waals surface area contributed by atoms with Crippen LogP contribution in [0.1, 0.15) is 23.2 Å². The van der Waals surface area contributed by atoms with Crippen LogP contribution in [0.3, 0.4) is 0 Å². The van der Waals surface area contributed by atoms with E-state index in [0.717, 1.165) is 6.07 Å². The summed E-state index contributed by atoms with van der Waals surface area (Å²) in [4.78, 5) is 13.3. The minimum absolute atomic E-state index is 0.241. The number of rotatable bonds is 3. The van der Waals surface area contributed by atoms with Gasteiger partial charge in [-0.05, 0) is 30.9 Å². The van der Waals surface area contributed by atoms with Gasteiger partial charge in [-0.25, -0.2) is 8.78 Å². The van der Waals surface area contributed by atoms with E-state index in [1.807, 2.05) is 0 Å². The Morgan fingerprint density at radius 1 is 1.44 bits per heavy atom. The normalized spacial score (nSPS) is 22.4. The van der Waals surface area contributed by atoms with Gasteiger partial charge in [-0.3, -0.25) is 4.79 Å². The zero-order valence-electron chi connectivity index (χ0n) is 10.1. The van der Waals surface area contributed by atoms with Crippen molar-refractivity contribution in [1.29, 1.82) is 0 Å². The lowest BCUT2D eigenvalue weighted by Gasteiger charge is -2.34. The number of carbonyl (C=O) groups is 1. The van der Waals surface area contributed by atoms with Crippen molar-refractivity contribution in [3.05, 3.63) is 35.4 Å². The zero-order valence-corrected chi connectivity index (χ0v) is 10.1. The van der Waals surface area contributed by atoms with Crippen LogP contribution in [0, 0.1) is 17.6 Å². The van der Waals surface area contributed by atoms with Crippen LogP contribution in [-0.4, -0.2) is 35.6 Å². The second-order valence-electron chi connectivity index (χ2n) is 4.78. The summed E-state index contributed by atoms with van der Waals surface area (Å²) in [5.41, 5.74) is -0.252. The Balaban J connectivity index is 2.04. The molecule has 0 radical (unpaired) electrons. The van der Waals surface area contributed by atoms with E-state index in [9.17, 15) is 13.6 Å². The molecule has 0 saturated heterocycles. The fraction of sp³-hybridized carbons (Fsp3) is 0.462. The molecular formula is C13H15F2NO2. The van der Waals surface area contributed by atoms with Gasteiger partial charge in [0, 0.05) is 13.6 Å². The molecular weight excluding hydrogens is 240 g/mol. The van der Waals surface area contributed by atoms with Gasteiger partial charge in [0.1, 0.15) is 0 Å². The number of carbonyl (C=O) groups excluding carboxylic acids is 1. The van der Waals surface area contributed by atoms with Crippen LogP contribution in [0.25, 0.3) is 0 Å². The summed E-state index contributed by atoms with van der Waals surface area (Å²) in [5.74, 6) is -2.42. The summed E-state index contributed by atoms with van der Waals surface area (Å²) in [6.45, 7) is 0.450. The predicted octanol–water partition coefficient (Wildman–Crippen LogP) is 1.81. The Morgan fingerprint density at radius 3 is 2.72 bits per heavy atom. The van der Waals surface area contributed by atoms with Gasteiger partial charge in [0.2, 0.25) is 0 Å². The number of aliphatic hydroxyl groups excluding tert-OH is 1. The monoisotopic (exact) mass is 255 g/mol. The van der Waals surface area contributed by atoms with Crippen molar-refractivity contribution in [3.63, 3.8) is 0 Å². The lowest BCUT2D eigenvalue weighted by atomic mass is 9.82. The fourth-order valence-electron chi connectivity index (χ4n) is 2.19. The molecule has 1 fully saturated rings. The Labute approximate surface area is 104 Å². The average Bonchev–Trinajstić information content (AvgIpc) is 2.30. The van der Waals surface area contributed by atoms with Gasteiger partial charge >= 0.3 is 0 Å². The molecule has 0 aliphatic heterocycles. The Morgan fingerprint density at radius 2 is 2.11 bits per heavy atom. The fourth-order valence-corrected chi connectivity index (χ4v) is 2.19. The maximum absolute atomic E-state index is 13.4. The van der Waals surface area contributed by atoms with Crippen molar-refractivity contribution >= 4 is 5.91 Å². The molecule has 0 aromatic heterocycles. The molecule has 1 aromatic rings. The van der Waals surface area contributed by atoms with Gasteiger partial charge in [0.15, 0.2) is 11.6 Å². The van der Waals surface area contributed by atoms with Gasteiger partial charge in [0.25, 0.3) is 5.91 Å². The standard InChI is InChI=1S/C13H15F2NO2/c1-16(7-8-5-9(17)6-8)13(18)10-3-2-4-11(14)12(10)15/h2-4,8-9,17H,5-7H2,1H3. The highest BCUT2D eigenvalue weighted by molar-refractivity contribution is 5.94. The van der Waals surface area contributed by atoms with Gasteiger partial charge in [-0.2, -0.15) is 0 Å². The lowest BCUT2D eigenvalue weighted by Crippen LogP contribution is -2.39. The molecule has 0 bridgehead atoms. The van der Waals surface area contributed by atoms with E-state index in [1.165, 1.54) is 17.0 Å². The summed E-state index contributed by atoms with van der Waals surface area (Å²) in [7, 11) is 1.55. The topological polar surface area (TPSA) is 40.5 Å². The zero-order chi connectivity index (χ0) is 13.3. The highest BCUT2D eigenvalue weighted by Gasteiger charge is 2.30. The molecule has 1 N–H and O–H groups in total. The van der Waals surface area contributed by atoms with Crippen molar-refractivity contribution in [2.24, 2.45) is 5.92 Å². The first-order chi connectivity index (χ1) is 8.49. The molecule has 1 aromatic carbocycles. The molecule has 5 heteroatoms. The van der Waals surface area contributed by atoms with E-state index in [-0.39, 0.29) is 17.6 Å². The summed E-state index contributed by atoms with van der Waals surface area (Å²) in [6, 6.07) is 3.56. The smallest absolute Gasteiger partial charge is 0.256 e. The third-order valence-electron chi connectivity index (χ3n) is 3.27. The Bertz CT molecular complexity index is 458. The number of amides is 1. The van der Waals surface area contributed by atoms with Gasteiger partial charge in [-0.1, -0.05) is 6.07 Å². The van der Waals surface area contributed by atoms with Crippen molar-refractivity contribution in [1.82, 2.24) is 4.90 Å². The minimum atomic E-state index is -1.11. The first kappa shape index (κ1) is 13.0. The van der Waals surface area contributed by atoms with Crippen LogP contribution in [0.5, 0.6) is 0 Å². The van der Waals surface area contributed by atoms with E-state index in [0.29, 0.717) is 19.4 Å². The molecule has 0 spiro atoms. The van der Waals surface area contributed by atoms with E-state index in [4.69, 9.17) is 5.11 Å². The molecule has 98 valence electrons. The van der Waals surface area contributed by atoms with Crippen LogP contribution in [0.15, 0.2) is 18.2 Å². The number of hydrogen-bond donors (Lipinski definition) is 1. The molecule has 1 amide bonds. The first-order valence-corrected chi connectivity index (χ1v) is 5.86. The Hall–Kier alpha value is -1.49. The average molecular weight is 255 g/mol. The second kappa shape index (κ2) is 5.02. The van der Waals surface area contributed by atoms with Crippen molar-refractivity contribution in [3.8, 4) is 0 Å². The van der Waals surface area contributed by atoms with Gasteiger partial charge in [-0.15, -0.1) is 0 Å². The number of nitrogens with zero attached hydrogens (tertiary/aromatic N) is 1. The minimum Gasteiger partial charge on any atom is -0.393 e. The van der Waals surface area contributed by atoms with Crippen LogP contribution in [0.2, 0.25) is 0 Å². The number of hydrogen-bond acceptors (Lipinski definition) is 2. The molecule has 0 heterocycles. The number of aliphatic hydroxyl groups is 1. The molecule has 3 nitrogen and oxygen atoms in total. The first-order valence-electron chi connectivity index (χ1n) is 5.86. The molecule has 2 rings (SSSR count).